The van der Waals surface area contributed by atoms with Crippen LogP contribution < -0.4 is 20.5 Å². The Bertz CT molecular complexity index is 1130. The van der Waals surface area contributed by atoms with Crippen LogP contribution in [0.15, 0.2) is 58.4 Å². The fraction of sp³-hybridized carbons (Fsp3) is 0.320. The van der Waals surface area contributed by atoms with Crippen molar-refractivity contribution in [2.75, 3.05) is 12.5 Å². The Morgan fingerprint density at radius 2 is 1.84 bits per heavy atom. The summed E-state index contributed by atoms with van der Waals surface area (Å²) < 4.78 is 11.5. The number of rotatable bonds is 8. The molecule has 7 heteroatoms. The number of nitrogens with zero attached hydrogens (tertiary/aromatic N) is 2. The lowest BCUT2D eigenvalue weighted by molar-refractivity contribution is 0.284. The molecule has 0 spiro atoms. The zero-order valence-corrected chi connectivity index (χ0v) is 19.2. The highest BCUT2D eigenvalue weighted by atomic mass is 16.5. The number of aromatic nitrogens is 2. The molecule has 0 saturated heterocycles. The Kier molecular flexibility index (Phi) is 7.30. The third-order valence-corrected chi connectivity index (χ3v) is 4.94. The van der Waals surface area contributed by atoms with Crippen molar-refractivity contribution in [2.24, 2.45) is 5.10 Å². The highest BCUT2D eigenvalue weighted by molar-refractivity contribution is 5.81. The van der Waals surface area contributed by atoms with E-state index in [0.717, 1.165) is 11.1 Å². The summed E-state index contributed by atoms with van der Waals surface area (Å²) in [5, 5.41) is 4.15. The van der Waals surface area contributed by atoms with E-state index in [1.165, 1.54) is 11.6 Å². The monoisotopic (exact) mass is 434 g/mol. The largest absolute Gasteiger partial charge is 0.493 e. The highest BCUT2D eigenvalue weighted by Gasteiger charge is 2.13. The van der Waals surface area contributed by atoms with Gasteiger partial charge in [0.15, 0.2) is 11.5 Å². The number of H-pyrrole nitrogens is 1. The van der Waals surface area contributed by atoms with Crippen molar-refractivity contribution in [3.05, 3.63) is 81.3 Å². The zero-order valence-electron chi connectivity index (χ0n) is 19.2. The van der Waals surface area contributed by atoms with Crippen molar-refractivity contribution in [1.82, 2.24) is 9.97 Å². The van der Waals surface area contributed by atoms with E-state index >= 15 is 0 Å². The van der Waals surface area contributed by atoms with Gasteiger partial charge < -0.3 is 9.47 Å². The molecular formula is C25H30N4O3. The maximum atomic E-state index is 11.6. The smallest absolute Gasteiger partial charge is 0.252 e. The van der Waals surface area contributed by atoms with Gasteiger partial charge in [-0.2, -0.15) is 5.10 Å². The van der Waals surface area contributed by atoms with Gasteiger partial charge in [-0.3, -0.25) is 9.78 Å². The molecule has 0 bridgehead atoms. The lowest BCUT2D eigenvalue weighted by Gasteiger charge is -2.19. The van der Waals surface area contributed by atoms with Gasteiger partial charge >= 0.3 is 0 Å². The highest BCUT2D eigenvalue weighted by Crippen LogP contribution is 2.29. The summed E-state index contributed by atoms with van der Waals surface area (Å²) in [7, 11) is 1.60. The number of hydrogen-bond donors (Lipinski definition) is 2. The van der Waals surface area contributed by atoms with Crippen LogP contribution in [0.2, 0.25) is 0 Å². The van der Waals surface area contributed by atoms with Crippen molar-refractivity contribution in [3.63, 3.8) is 0 Å². The molecule has 2 N–H and O–H groups in total. The quantitative estimate of drug-likeness (QED) is 0.397. The molecule has 0 saturated carbocycles. The van der Waals surface area contributed by atoms with Gasteiger partial charge in [-0.1, -0.05) is 52.0 Å². The lowest BCUT2D eigenvalue weighted by Crippen LogP contribution is -2.11. The summed E-state index contributed by atoms with van der Waals surface area (Å²) >= 11 is 0. The Hall–Kier alpha value is -3.61. The van der Waals surface area contributed by atoms with Crippen LogP contribution in [0.25, 0.3) is 0 Å². The Labute approximate surface area is 188 Å². The van der Waals surface area contributed by atoms with Gasteiger partial charge in [0.1, 0.15) is 6.61 Å². The van der Waals surface area contributed by atoms with Crippen molar-refractivity contribution < 1.29 is 9.47 Å². The normalized spacial score (nSPS) is 11.5. The van der Waals surface area contributed by atoms with E-state index in [9.17, 15) is 4.79 Å². The Morgan fingerprint density at radius 3 is 2.50 bits per heavy atom. The van der Waals surface area contributed by atoms with Crippen molar-refractivity contribution in [1.29, 1.82) is 0 Å². The van der Waals surface area contributed by atoms with Crippen molar-refractivity contribution in [2.45, 2.75) is 46.1 Å². The van der Waals surface area contributed by atoms with Gasteiger partial charge in [-0.15, -0.1) is 0 Å². The minimum atomic E-state index is -0.217. The topological polar surface area (TPSA) is 88.6 Å². The van der Waals surface area contributed by atoms with E-state index in [1.807, 2.05) is 25.1 Å². The first-order valence-electron chi connectivity index (χ1n) is 10.6. The second-order valence-corrected chi connectivity index (χ2v) is 8.45. The van der Waals surface area contributed by atoms with E-state index in [0.29, 0.717) is 36.2 Å². The van der Waals surface area contributed by atoms with Crippen LogP contribution >= 0.6 is 0 Å². The minimum absolute atomic E-state index is 0.124. The predicted molar refractivity (Wildman–Crippen MR) is 128 cm³/mol. The molecule has 0 atom stereocenters. The van der Waals surface area contributed by atoms with Gasteiger partial charge in [0.05, 0.1) is 13.3 Å². The fourth-order valence-electron chi connectivity index (χ4n) is 3.06. The molecule has 0 aliphatic rings. The molecular weight excluding hydrogens is 404 g/mol. The molecule has 168 valence electrons. The molecule has 0 unspecified atom stereocenters. The summed E-state index contributed by atoms with van der Waals surface area (Å²) in [5.41, 5.74) is 6.54. The van der Waals surface area contributed by atoms with Gasteiger partial charge in [0.2, 0.25) is 5.95 Å². The van der Waals surface area contributed by atoms with Gasteiger partial charge in [0, 0.05) is 11.8 Å². The first kappa shape index (κ1) is 23.1. The van der Waals surface area contributed by atoms with Crippen molar-refractivity contribution in [3.8, 4) is 11.5 Å². The first-order chi connectivity index (χ1) is 15.3. The van der Waals surface area contributed by atoms with Crippen LogP contribution in [-0.2, 0) is 18.4 Å². The number of anilines is 1. The standard InChI is InChI=1S/C25H30N4O3/c1-6-20-14-23(30)28-24(27-20)29-26-15-18-9-12-21(22(13-18)31-5)32-16-17-7-10-19(11-8-17)25(2,3)4/h7-15H,6,16H2,1-5H3,(H2,27,28,29,30)/b26-15-. The molecule has 3 aromatic rings. The molecule has 1 aromatic heterocycles. The fourth-order valence-corrected chi connectivity index (χ4v) is 3.06. The average molecular weight is 435 g/mol. The van der Waals surface area contributed by atoms with Crippen LogP contribution in [0.1, 0.15) is 50.1 Å². The van der Waals surface area contributed by atoms with Gasteiger partial charge in [-0.25, -0.2) is 10.4 Å². The Balaban J connectivity index is 1.64. The van der Waals surface area contributed by atoms with Gasteiger partial charge in [-0.05, 0) is 46.7 Å². The van der Waals surface area contributed by atoms with Crippen LogP contribution in [0.3, 0.4) is 0 Å². The van der Waals surface area contributed by atoms with E-state index in [4.69, 9.17) is 9.47 Å². The van der Waals surface area contributed by atoms with Crippen LogP contribution in [0, 0.1) is 0 Å². The molecule has 0 fully saturated rings. The van der Waals surface area contributed by atoms with Gasteiger partial charge in [0.25, 0.3) is 5.56 Å². The summed E-state index contributed by atoms with van der Waals surface area (Å²) in [4.78, 5) is 18.5. The summed E-state index contributed by atoms with van der Waals surface area (Å²) in [6, 6.07) is 15.5. The first-order valence-corrected chi connectivity index (χ1v) is 10.6. The van der Waals surface area contributed by atoms with Crippen molar-refractivity contribution >= 4 is 12.2 Å². The number of ether oxygens (including phenoxy) is 2. The maximum absolute atomic E-state index is 11.6. The number of nitrogens with one attached hydrogen (secondary N) is 2. The molecule has 0 radical (unpaired) electrons. The molecule has 3 rings (SSSR count). The third-order valence-electron chi connectivity index (χ3n) is 4.94. The summed E-state index contributed by atoms with van der Waals surface area (Å²) in [5.74, 6) is 1.56. The van der Waals surface area contributed by atoms with E-state index in [1.54, 1.807) is 13.3 Å². The number of aromatic amines is 1. The molecule has 0 amide bonds. The number of hydrazone groups is 1. The minimum Gasteiger partial charge on any atom is -0.493 e. The number of aryl methyl sites for hydroxylation is 1. The molecule has 32 heavy (non-hydrogen) atoms. The second kappa shape index (κ2) is 10.1. The lowest BCUT2D eigenvalue weighted by atomic mass is 9.87. The number of hydrogen-bond acceptors (Lipinski definition) is 6. The molecule has 2 aromatic carbocycles. The average Bonchev–Trinajstić information content (AvgIpc) is 2.77. The maximum Gasteiger partial charge on any atom is 0.252 e. The van der Waals surface area contributed by atoms with E-state index < -0.39 is 0 Å². The number of methoxy groups -OCH3 is 1. The molecule has 0 aliphatic heterocycles. The van der Waals surface area contributed by atoms with Crippen LogP contribution in [0.4, 0.5) is 5.95 Å². The second-order valence-electron chi connectivity index (χ2n) is 8.45. The van der Waals surface area contributed by atoms with Crippen LogP contribution in [0.5, 0.6) is 11.5 Å². The SMILES string of the molecule is CCc1cc(=O)[nH]c(N/N=C\c2ccc(OCc3ccc(C(C)(C)C)cc3)c(OC)c2)n1. The van der Waals surface area contributed by atoms with E-state index in [2.05, 4.69) is 65.5 Å². The number of benzene rings is 2. The summed E-state index contributed by atoms with van der Waals surface area (Å²) in [6.45, 7) is 8.97. The van der Waals surface area contributed by atoms with Crippen LogP contribution in [-0.4, -0.2) is 23.3 Å². The zero-order chi connectivity index (χ0) is 23.1. The Morgan fingerprint density at radius 1 is 1.09 bits per heavy atom. The third kappa shape index (κ3) is 6.20. The molecule has 0 aliphatic carbocycles. The summed E-state index contributed by atoms with van der Waals surface area (Å²) in [6.07, 6.45) is 2.29. The predicted octanol–water partition coefficient (Wildman–Crippen LogP) is 4.66. The molecule has 1 heterocycles. The van der Waals surface area contributed by atoms with E-state index in [-0.39, 0.29) is 11.0 Å². The molecule has 7 nitrogen and oxygen atoms in total.